The molecule has 0 aliphatic heterocycles. The van der Waals surface area contributed by atoms with Crippen LogP contribution in [0.1, 0.15) is 19.4 Å². The van der Waals surface area contributed by atoms with Gasteiger partial charge in [-0.05, 0) is 56.3 Å². The van der Waals surface area contributed by atoms with Crippen LogP contribution in [0, 0.1) is 0 Å². The van der Waals surface area contributed by atoms with Gasteiger partial charge in [0, 0.05) is 22.8 Å². The van der Waals surface area contributed by atoms with Crippen molar-refractivity contribution >= 4 is 17.3 Å². The molecule has 0 atom stereocenters. The number of anilines is 1. The van der Waals surface area contributed by atoms with Crippen molar-refractivity contribution in [3.63, 3.8) is 0 Å². The van der Waals surface area contributed by atoms with Gasteiger partial charge in [0.1, 0.15) is 11.5 Å². The number of hydrogen-bond acceptors (Lipinski definition) is 3. The van der Waals surface area contributed by atoms with E-state index in [0.29, 0.717) is 11.6 Å². The van der Waals surface area contributed by atoms with E-state index in [1.807, 2.05) is 44.2 Å². The van der Waals surface area contributed by atoms with E-state index in [1.165, 1.54) is 0 Å². The number of phenolic OH excluding ortho intramolecular Hbond substituents is 1. The summed E-state index contributed by atoms with van der Waals surface area (Å²) in [6, 6.07) is 12.5. The Morgan fingerprint density at radius 2 is 1.85 bits per heavy atom. The van der Waals surface area contributed by atoms with E-state index in [9.17, 15) is 5.11 Å². The van der Waals surface area contributed by atoms with Gasteiger partial charge in [-0.25, -0.2) is 0 Å². The maximum atomic E-state index is 9.26. The zero-order valence-corrected chi connectivity index (χ0v) is 12.3. The molecule has 2 aromatic rings. The predicted octanol–water partition coefficient (Wildman–Crippen LogP) is 4.44. The minimum absolute atomic E-state index is 0.114. The lowest BCUT2D eigenvalue weighted by atomic mass is 10.2. The summed E-state index contributed by atoms with van der Waals surface area (Å²) < 4.78 is 5.77. The van der Waals surface area contributed by atoms with Gasteiger partial charge in [0.05, 0.1) is 6.10 Å². The molecule has 2 rings (SSSR count). The highest BCUT2D eigenvalue weighted by molar-refractivity contribution is 6.30. The number of ether oxygens (including phenoxy) is 1. The quantitative estimate of drug-likeness (QED) is 0.800. The smallest absolute Gasteiger partial charge is 0.124 e. The molecule has 0 fully saturated rings. The van der Waals surface area contributed by atoms with Crippen LogP contribution in [0.25, 0.3) is 0 Å². The lowest BCUT2D eigenvalue weighted by Crippen LogP contribution is -2.09. The number of hydrogen-bond donors (Lipinski definition) is 2. The van der Waals surface area contributed by atoms with Crippen LogP contribution in [-0.4, -0.2) is 11.2 Å². The first-order valence-electron chi connectivity index (χ1n) is 6.52. The Balaban J connectivity index is 2.11. The van der Waals surface area contributed by atoms with E-state index in [2.05, 4.69) is 5.32 Å². The van der Waals surface area contributed by atoms with Gasteiger partial charge in [0.2, 0.25) is 0 Å². The molecule has 0 unspecified atom stereocenters. The maximum Gasteiger partial charge on any atom is 0.124 e. The second-order valence-corrected chi connectivity index (χ2v) is 5.26. The van der Waals surface area contributed by atoms with Crippen LogP contribution in [0.2, 0.25) is 5.02 Å². The van der Waals surface area contributed by atoms with Crippen molar-refractivity contribution < 1.29 is 9.84 Å². The minimum Gasteiger partial charge on any atom is -0.508 e. The van der Waals surface area contributed by atoms with Crippen molar-refractivity contribution in [2.45, 2.75) is 26.5 Å². The lowest BCUT2D eigenvalue weighted by Gasteiger charge is -2.15. The molecule has 2 aromatic carbocycles. The zero-order valence-electron chi connectivity index (χ0n) is 11.6. The second-order valence-electron chi connectivity index (χ2n) is 4.82. The second kappa shape index (κ2) is 6.53. The lowest BCUT2D eigenvalue weighted by molar-refractivity contribution is 0.240. The Bertz CT molecular complexity index is 567. The molecule has 0 saturated heterocycles. The third kappa shape index (κ3) is 4.07. The number of benzene rings is 2. The molecule has 0 aliphatic carbocycles. The number of phenols is 1. The van der Waals surface area contributed by atoms with Crippen molar-refractivity contribution in [3.8, 4) is 11.5 Å². The number of nitrogens with one attached hydrogen (secondary N) is 1. The van der Waals surface area contributed by atoms with E-state index in [1.54, 1.807) is 12.1 Å². The van der Waals surface area contributed by atoms with Crippen LogP contribution in [0.3, 0.4) is 0 Å². The molecule has 20 heavy (non-hydrogen) atoms. The summed E-state index contributed by atoms with van der Waals surface area (Å²) in [6.45, 7) is 4.59. The van der Waals surface area contributed by atoms with E-state index in [-0.39, 0.29) is 11.9 Å². The molecule has 2 N–H and O–H groups in total. The largest absolute Gasteiger partial charge is 0.508 e. The van der Waals surface area contributed by atoms with E-state index in [4.69, 9.17) is 16.3 Å². The minimum atomic E-state index is 0.114. The number of halogens is 1. The Kier molecular flexibility index (Phi) is 4.74. The molecule has 0 spiro atoms. The van der Waals surface area contributed by atoms with Crippen molar-refractivity contribution in [2.75, 3.05) is 5.32 Å². The fourth-order valence-corrected chi connectivity index (χ4v) is 2.03. The molecule has 0 heterocycles. The van der Waals surface area contributed by atoms with Crippen LogP contribution in [0.15, 0.2) is 42.5 Å². The Morgan fingerprint density at radius 3 is 2.50 bits per heavy atom. The summed E-state index contributed by atoms with van der Waals surface area (Å²) in [5.74, 6) is 1.08. The van der Waals surface area contributed by atoms with Crippen molar-refractivity contribution in [1.29, 1.82) is 0 Å². The van der Waals surface area contributed by atoms with Gasteiger partial charge in [-0.3, -0.25) is 0 Å². The Morgan fingerprint density at radius 1 is 1.15 bits per heavy atom. The topological polar surface area (TPSA) is 41.5 Å². The number of rotatable bonds is 5. The van der Waals surface area contributed by atoms with Crippen molar-refractivity contribution in [2.24, 2.45) is 0 Å². The fourth-order valence-electron chi connectivity index (χ4n) is 1.83. The molecule has 0 amide bonds. The van der Waals surface area contributed by atoms with Gasteiger partial charge in [0.25, 0.3) is 0 Å². The van der Waals surface area contributed by atoms with E-state index in [0.717, 1.165) is 17.0 Å². The first kappa shape index (κ1) is 14.5. The maximum absolute atomic E-state index is 9.26. The third-order valence-corrected chi connectivity index (χ3v) is 2.97. The highest BCUT2D eigenvalue weighted by Gasteiger charge is 2.06. The first-order chi connectivity index (χ1) is 9.54. The molecule has 4 heteroatoms. The van der Waals surface area contributed by atoms with Crippen LogP contribution in [0.5, 0.6) is 11.5 Å². The van der Waals surface area contributed by atoms with Crippen LogP contribution in [-0.2, 0) is 6.54 Å². The normalized spacial score (nSPS) is 10.6. The fraction of sp³-hybridized carbons (Fsp3) is 0.250. The SMILES string of the molecule is CC(C)Oc1ccc(Cl)cc1CNc1ccc(O)cc1. The van der Waals surface area contributed by atoms with Gasteiger partial charge in [-0.1, -0.05) is 11.6 Å². The molecule has 0 aromatic heterocycles. The first-order valence-corrected chi connectivity index (χ1v) is 6.90. The average Bonchev–Trinajstić information content (AvgIpc) is 2.40. The number of aromatic hydroxyl groups is 1. The Hall–Kier alpha value is -1.87. The summed E-state index contributed by atoms with van der Waals surface area (Å²) in [5.41, 5.74) is 1.93. The standard InChI is InChI=1S/C16H18ClNO2/c1-11(2)20-16-8-3-13(17)9-12(16)10-18-14-4-6-15(19)7-5-14/h3-9,11,18-19H,10H2,1-2H3. The summed E-state index contributed by atoms with van der Waals surface area (Å²) >= 11 is 6.04. The molecule has 0 saturated carbocycles. The monoisotopic (exact) mass is 291 g/mol. The highest BCUT2D eigenvalue weighted by Crippen LogP contribution is 2.25. The Labute approximate surface area is 124 Å². The van der Waals surface area contributed by atoms with Gasteiger partial charge in [-0.15, -0.1) is 0 Å². The van der Waals surface area contributed by atoms with Crippen molar-refractivity contribution in [1.82, 2.24) is 0 Å². The molecule has 0 bridgehead atoms. The van der Waals surface area contributed by atoms with Crippen LogP contribution < -0.4 is 10.1 Å². The van der Waals surface area contributed by atoms with Crippen molar-refractivity contribution in [3.05, 3.63) is 53.1 Å². The molecule has 0 aliphatic rings. The molecule has 3 nitrogen and oxygen atoms in total. The zero-order chi connectivity index (χ0) is 14.5. The third-order valence-electron chi connectivity index (χ3n) is 2.74. The molecule has 106 valence electrons. The summed E-state index contributed by atoms with van der Waals surface area (Å²) in [7, 11) is 0. The van der Waals surface area contributed by atoms with Gasteiger partial charge < -0.3 is 15.2 Å². The molecular formula is C16H18ClNO2. The molecule has 0 radical (unpaired) electrons. The van der Waals surface area contributed by atoms with Gasteiger partial charge >= 0.3 is 0 Å². The predicted molar refractivity (Wildman–Crippen MR) is 82.6 cm³/mol. The highest BCUT2D eigenvalue weighted by atomic mass is 35.5. The summed E-state index contributed by atoms with van der Waals surface area (Å²) in [4.78, 5) is 0. The van der Waals surface area contributed by atoms with Crippen LogP contribution in [0.4, 0.5) is 5.69 Å². The average molecular weight is 292 g/mol. The summed E-state index contributed by atoms with van der Waals surface area (Å²) in [6.07, 6.45) is 0.114. The van der Waals surface area contributed by atoms with E-state index >= 15 is 0 Å². The van der Waals surface area contributed by atoms with Gasteiger partial charge in [-0.2, -0.15) is 0 Å². The van der Waals surface area contributed by atoms with E-state index < -0.39 is 0 Å². The summed E-state index contributed by atoms with van der Waals surface area (Å²) in [5, 5.41) is 13.2. The van der Waals surface area contributed by atoms with Gasteiger partial charge in [0.15, 0.2) is 0 Å². The molecular weight excluding hydrogens is 274 g/mol. The van der Waals surface area contributed by atoms with Crippen LogP contribution >= 0.6 is 11.6 Å².